The van der Waals surface area contributed by atoms with E-state index < -0.39 is 43.0 Å². The lowest BCUT2D eigenvalue weighted by Gasteiger charge is -2.38. The molecular weight excluding hydrogens is 636 g/mol. The summed E-state index contributed by atoms with van der Waals surface area (Å²) in [6.07, 6.45) is -0.491. The number of hydrogen-bond acceptors (Lipinski definition) is 6. The zero-order valence-corrected chi connectivity index (χ0v) is 28.3. The predicted octanol–water partition coefficient (Wildman–Crippen LogP) is 7.16. The molecule has 1 unspecified atom stereocenters. The van der Waals surface area contributed by atoms with Gasteiger partial charge in [0.1, 0.15) is 5.60 Å². The number of amides is 2. The molecule has 0 saturated heterocycles. The van der Waals surface area contributed by atoms with Gasteiger partial charge in [-0.15, -0.1) is 0 Å². The second-order valence-corrected chi connectivity index (χ2v) is 13.9. The van der Waals surface area contributed by atoms with Crippen molar-refractivity contribution in [1.29, 1.82) is 0 Å². The molecule has 0 bridgehead atoms. The van der Waals surface area contributed by atoms with Crippen molar-refractivity contribution in [3.8, 4) is 22.8 Å². The Morgan fingerprint density at radius 3 is 2.43 bits per heavy atom. The molecule has 3 aliphatic heterocycles. The maximum Gasteiger partial charge on any atom is 0.410 e. The molecule has 0 saturated carbocycles. The van der Waals surface area contributed by atoms with Crippen molar-refractivity contribution < 1.29 is 42.5 Å². The molecule has 1 aromatic heterocycles. The zero-order chi connectivity index (χ0) is 35.0. The summed E-state index contributed by atoms with van der Waals surface area (Å²) in [6, 6.07) is 12.4. The SMILES string of the molecule is CCC1Oc2cc(C(=O)N3Cc4ccccc4C[C@H]3CCN(CC(F)F)C(=O)OC(C)(C)C)c(-c3cc(C(=O)O)c4n3CCCC4)cc2O1. The lowest BCUT2D eigenvalue weighted by Crippen LogP contribution is -2.47. The second kappa shape index (κ2) is 13.7. The van der Waals surface area contributed by atoms with Crippen LogP contribution in [-0.2, 0) is 30.7 Å². The summed E-state index contributed by atoms with van der Waals surface area (Å²) >= 11 is 0. The Bertz CT molecular complexity index is 1750. The molecule has 49 heavy (non-hydrogen) atoms. The Hall–Kier alpha value is -4.61. The van der Waals surface area contributed by atoms with E-state index in [1.165, 1.54) is 0 Å². The number of carboxylic acids is 1. The lowest BCUT2D eigenvalue weighted by molar-refractivity contribution is 0.00792. The van der Waals surface area contributed by atoms with E-state index >= 15 is 0 Å². The molecule has 4 heterocycles. The number of carbonyl (C=O) groups excluding carboxylic acids is 2. The van der Waals surface area contributed by atoms with Crippen LogP contribution in [0.2, 0.25) is 0 Å². The number of carbonyl (C=O) groups is 3. The molecule has 2 aromatic carbocycles. The van der Waals surface area contributed by atoms with E-state index in [9.17, 15) is 28.3 Å². The van der Waals surface area contributed by atoms with Gasteiger partial charge in [-0.3, -0.25) is 4.79 Å². The Labute approximate surface area is 284 Å². The average Bonchev–Trinajstić information content (AvgIpc) is 3.65. The van der Waals surface area contributed by atoms with Gasteiger partial charge in [0.15, 0.2) is 11.5 Å². The summed E-state index contributed by atoms with van der Waals surface area (Å²) in [7, 11) is 0. The van der Waals surface area contributed by atoms with Crippen LogP contribution in [0.15, 0.2) is 42.5 Å². The quantitative estimate of drug-likeness (QED) is 0.256. The van der Waals surface area contributed by atoms with Crippen LogP contribution in [0, 0.1) is 0 Å². The highest BCUT2D eigenvalue weighted by atomic mass is 19.3. The van der Waals surface area contributed by atoms with Gasteiger partial charge < -0.3 is 33.7 Å². The van der Waals surface area contributed by atoms with E-state index in [0.29, 0.717) is 54.1 Å². The minimum atomic E-state index is -2.76. The van der Waals surface area contributed by atoms with Crippen LogP contribution in [0.3, 0.4) is 0 Å². The van der Waals surface area contributed by atoms with Crippen LogP contribution < -0.4 is 9.47 Å². The molecule has 12 heteroatoms. The number of hydrogen-bond donors (Lipinski definition) is 1. The van der Waals surface area contributed by atoms with Crippen molar-refractivity contribution in [2.24, 2.45) is 0 Å². The number of rotatable bonds is 9. The van der Waals surface area contributed by atoms with Crippen LogP contribution in [0.25, 0.3) is 11.3 Å². The van der Waals surface area contributed by atoms with E-state index in [1.54, 1.807) is 43.9 Å². The highest BCUT2D eigenvalue weighted by molar-refractivity contribution is 6.03. The molecule has 10 nitrogen and oxygen atoms in total. The summed E-state index contributed by atoms with van der Waals surface area (Å²) in [5.74, 6) is -0.448. The number of carboxylic acid groups (broad SMARTS) is 1. The van der Waals surface area contributed by atoms with E-state index in [-0.39, 0.29) is 31.0 Å². The van der Waals surface area contributed by atoms with Gasteiger partial charge in [-0.2, -0.15) is 0 Å². The smallest absolute Gasteiger partial charge is 0.410 e. The number of aromatic carboxylic acids is 1. The van der Waals surface area contributed by atoms with Gasteiger partial charge in [-0.05, 0) is 82.2 Å². The number of fused-ring (bicyclic) bond motifs is 3. The number of alkyl halides is 2. The summed E-state index contributed by atoms with van der Waals surface area (Å²) in [6.45, 7) is 7.00. The van der Waals surface area contributed by atoms with Gasteiger partial charge in [-0.1, -0.05) is 31.2 Å². The molecular formula is C37H43F2N3O7. The normalized spacial score (nSPS) is 18.2. The van der Waals surface area contributed by atoms with Crippen molar-refractivity contribution in [2.45, 2.75) is 104 Å². The van der Waals surface area contributed by atoms with Crippen LogP contribution in [0.1, 0.15) is 90.9 Å². The Kier molecular flexibility index (Phi) is 9.59. The third kappa shape index (κ3) is 7.23. The van der Waals surface area contributed by atoms with Gasteiger partial charge in [-0.25, -0.2) is 18.4 Å². The second-order valence-electron chi connectivity index (χ2n) is 13.9. The van der Waals surface area contributed by atoms with Gasteiger partial charge >= 0.3 is 12.1 Å². The van der Waals surface area contributed by atoms with Crippen molar-refractivity contribution in [1.82, 2.24) is 14.4 Å². The molecule has 3 aliphatic rings. The van der Waals surface area contributed by atoms with Gasteiger partial charge in [0, 0.05) is 43.4 Å². The van der Waals surface area contributed by atoms with Crippen molar-refractivity contribution in [3.05, 3.63) is 70.4 Å². The van der Waals surface area contributed by atoms with Crippen LogP contribution in [0.5, 0.6) is 11.5 Å². The first-order valence-corrected chi connectivity index (χ1v) is 16.9. The van der Waals surface area contributed by atoms with E-state index in [1.807, 2.05) is 35.8 Å². The third-order valence-electron chi connectivity index (χ3n) is 9.28. The molecule has 0 spiro atoms. The monoisotopic (exact) mass is 679 g/mol. The minimum absolute atomic E-state index is 0.0454. The Morgan fingerprint density at radius 1 is 1.04 bits per heavy atom. The van der Waals surface area contributed by atoms with Crippen LogP contribution in [-0.4, -0.2) is 74.9 Å². The lowest BCUT2D eigenvalue weighted by atomic mass is 9.90. The maximum atomic E-state index is 14.9. The molecule has 0 fully saturated rings. The first-order chi connectivity index (χ1) is 23.3. The molecule has 1 N–H and O–H groups in total. The molecule has 3 aromatic rings. The van der Waals surface area contributed by atoms with E-state index in [0.717, 1.165) is 34.6 Å². The zero-order valence-electron chi connectivity index (χ0n) is 28.3. The summed E-state index contributed by atoms with van der Waals surface area (Å²) in [5.41, 5.74) is 3.54. The fourth-order valence-corrected chi connectivity index (χ4v) is 6.98. The fraction of sp³-hybridized carbons (Fsp3) is 0.486. The number of benzene rings is 2. The minimum Gasteiger partial charge on any atom is -0.478 e. The summed E-state index contributed by atoms with van der Waals surface area (Å²) < 4.78 is 46.7. The molecule has 0 radical (unpaired) electrons. The van der Waals surface area contributed by atoms with Gasteiger partial charge in [0.25, 0.3) is 12.3 Å². The maximum absolute atomic E-state index is 14.9. The summed E-state index contributed by atoms with van der Waals surface area (Å²) in [4.78, 5) is 42.9. The topological polar surface area (TPSA) is 111 Å². The van der Waals surface area contributed by atoms with Crippen molar-refractivity contribution in [3.63, 3.8) is 0 Å². The fourth-order valence-electron chi connectivity index (χ4n) is 6.98. The average molecular weight is 680 g/mol. The Morgan fingerprint density at radius 2 is 1.76 bits per heavy atom. The molecule has 6 rings (SSSR count). The molecule has 2 atom stereocenters. The molecule has 2 amide bonds. The number of halogens is 2. The number of aromatic nitrogens is 1. The largest absolute Gasteiger partial charge is 0.478 e. The first kappa shape index (κ1) is 34.3. The van der Waals surface area contributed by atoms with Crippen molar-refractivity contribution in [2.75, 3.05) is 13.1 Å². The highest BCUT2D eigenvalue weighted by Gasteiger charge is 2.36. The predicted molar refractivity (Wildman–Crippen MR) is 177 cm³/mol. The van der Waals surface area contributed by atoms with Gasteiger partial charge in [0.05, 0.1) is 23.4 Å². The van der Waals surface area contributed by atoms with Crippen molar-refractivity contribution >= 4 is 18.0 Å². The summed E-state index contributed by atoms with van der Waals surface area (Å²) in [5, 5.41) is 10.1. The molecule has 0 aliphatic carbocycles. The van der Waals surface area contributed by atoms with Crippen LogP contribution in [0.4, 0.5) is 13.6 Å². The Balaban J connectivity index is 1.40. The third-order valence-corrected chi connectivity index (χ3v) is 9.28. The standard InChI is InChI=1S/C37H43F2N3O7/c1-5-33-47-30-18-25(29-17-27(35(44)45)28-12-8-9-14-41(28)29)26(19-31(30)48-33)34(43)42-20-23-11-7-6-10-22(23)16-24(42)13-15-40(21-32(38)39)36(46)49-37(2,3)4/h6-7,10-11,17-19,24,32-33H,5,8-9,12-16,20-21H2,1-4H3,(H,44,45)/t24-,33?/m1/s1. The van der Waals surface area contributed by atoms with E-state index in [2.05, 4.69) is 0 Å². The highest BCUT2D eigenvalue weighted by Crippen LogP contribution is 2.43. The first-order valence-electron chi connectivity index (χ1n) is 16.9. The van der Waals surface area contributed by atoms with E-state index in [4.69, 9.17) is 14.2 Å². The van der Waals surface area contributed by atoms with Gasteiger partial charge in [0.2, 0.25) is 6.29 Å². The number of ether oxygens (including phenoxy) is 3. The van der Waals surface area contributed by atoms with Crippen LogP contribution >= 0.6 is 0 Å². The molecule has 262 valence electrons. The number of nitrogens with zero attached hydrogens (tertiary/aromatic N) is 3.